The molecule has 18 heavy (non-hydrogen) atoms. The fraction of sp³-hybridized carbons (Fsp3) is 0.700. The lowest BCUT2D eigenvalue weighted by Gasteiger charge is -2.33. The summed E-state index contributed by atoms with van der Waals surface area (Å²) in [4.78, 5) is 35.6. The number of piperidine rings is 1. The third kappa shape index (κ3) is 4.21. The van der Waals surface area contributed by atoms with Crippen molar-refractivity contribution in [3.8, 4) is 0 Å². The van der Waals surface area contributed by atoms with Crippen molar-refractivity contribution in [1.29, 1.82) is 0 Å². The van der Waals surface area contributed by atoms with Crippen LogP contribution in [0.3, 0.4) is 0 Å². The fourth-order valence-corrected chi connectivity index (χ4v) is 1.87. The van der Waals surface area contributed by atoms with Crippen LogP contribution in [0.5, 0.6) is 0 Å². The summed E-state index contributed by atoms with van der Waals surface area (Å²) in [6, 6.07) is -0.588. The van der Waals surface area contributed by atoms with Gasteiger partial charge in [0.2, 0.25) is 5.91 Å². The Bertz CT molecular complexity index is 330. The average Bonchev–Trinajstić information content (AvgIpc) is 2.26. The number of rotatable bonds is 4. The van der Waals surface area contributed by atoms with E-state index in [1.165, 1.54) is 4.90 Å². The number of carbonyl (C=O) groups is 3. The number of nitrogens with two attached hydrogens (primary N) is 1. The molecule has 0 aromatic heterocycles. The Hall–Kier alpha value is -1.83. The molecular formula is C10H17N3O5. The summed E-state index contributed by atoms with van der Waals surface area (Å²) in [5.74, 6) is -2.00. The lowest BCUT2D eigenvalue weighted by atomic mass is 10.1. The Morgan fingerprint density at radius 1 is 1.33 bits per heavy atom. The van der Waals surface area contributed by atoms with E-state index in [4.69, 9.17) is 10.8 Å². The van der Waals surface area contributed by atoms with Gasteiger partial charge in [-0.3, -0.25) is 9.59 Å². The molecule has 1 aliphatic heterocycles. The molecule has 1 fully saturated rings. The molecule has 0 radical (unpaired) electrons. The lowest BCUT2D eigenvalue weighted by Crippen LogP contribution is -2.52. The van der Waals surface area contributed by atoms with E-state index in [2.05, 4.69) is 0 Å². The highest BCUT2D eigenvalue weighted by molar-refractivity contribution is 5.86. The Morgan fingerprint density at radius 3 is 2.50 bits per heavy atom. The third-order valence-electron chi connectivity index (χ3n) is 2.61. The molecule has 1 rings (SSSR count). The van der Waals surface area contributed by atoms with Crippen molar-refractivity contribution >= 4 is 17.9 Å². The molecule has 1 aliphatic rings. The smallest absolute Gasteiger partial charge is 0.323 e. The van der Waals surface area contributed by atoms with Crippen LogP contribution in [-0.2, 0) is 9.59 Å². The number of likely N-dealkylation sites (tertiary alicyclic amines) is 1. The Balaban J connectivity index is 2.67. The topological polar surface area (TPSA) is 124 Å². The summed E-state index contributed by atoms with van der Waals surface area (Å²) in [5.41, 5.74) is 4.97. The maximum atomic E-state index is 12.0. The number of carbonyl (C=O) groups excluding carboxylic acids is 2. The molecule has 102 valence electrons. The van der Waals surface area contributed by atoms with Crippen LogP contribution in [-0.4, -0.2) is 70.2 Å². The molecule has 0 bridgehead atoms. The maximum Gasteiger partial charge on any atom is 0.323 e. The van der Waals surface area contributed by atoms with Gasteiger partial charge in [0.05, 0.1) is 6.10 Å². The Kier molecular flexibility index (Phi) is 4.90. The van der Waals surface area contributed by atoms with E-state index in [-0.39, 0.29) is 6.54 Å². The number of primary amides is 1. The first kappa shape index (κ1) is 14.2. The Labute approximate surface area is 104 Å². The largest absolute Gasteiger partial charge is 0.480 e. The van der Waals surface area contributed by atoms with E-state index in [0.29, 0.717) is 19.4 Å². The molecule has 0 saturated carbocycles. The number of aliphatic hydroxyl groups excluding tert-OH is 1. The number of hydrogen-bond donors (Lipinski definition) is 3. The van der Waals surface area contributed by atoms with Gasteiger partial charge in [-0.05, 0) is 12.8 Å². The number of carboxylic acids is 1. The summed E-state index contributed by atoms with van der Waals surface area (Å²) in [6.07, 6.45) is 0.645. The first-order valence-electron chi connectivity index (χ1n) is 5.62. The Morgan fingerprint density at radius 2 is 2.00 bits per heavy atom. The van der Waals surface area contributed by atoms with Gasteiger partial charge in [0.25, 0.3) is 0 Å². The molecule has 8 heteroatoms. The van der Waals surface area contributed by atoms with E-state index >= 15 is 0 Å². The van der Waals surface area contributed by atoms with Crippen molar-refractivity contribution in [2.24, 2.45) is 5.73 Å². The first-order valence-corrected chi connectivity index (χ1v) is 5.62. The van der Waals surface area contributed by atoms with Crippen molar-refractivity contribution in [2.45, 2.75) is 18.9 Å². The highest BCUT2D eigenvalue weighted by atomic mass is 16.4. The number of nitrogens with zero attached hydrogens (tertiary/aromatic N) is 2. The van der Waals surface area contributed by atoms with Crippen molar-refractivity contribution in [3.05, 3.63) is 0 Å². The van der Waals surface area contributed by atoms with Crippen molar-refractivity contribution in [1.82, 2.24) is 9.80 Å². The second-order valence-electron chi connectivity index (χ2n) is 4.24. The number of hydrogen-bond acceptors (Lipinski definition) is 4. The van der Waals surface area contributed by atoms with Gasteiger partial charge in [0.15, 0.2) is 0 Å². The van der Waals surface area contributed by atoms with Crippen LogP contribution < -0.4 is 5.73 Å². The van der Waals surface area contributed by atoms with Crippen molar-refractivity contribution < 1.29 is 24.6 Å². The molecule has 1 saturated heterocycles. The van der Waals surface area contributed by atoms with Gasteiger partial charge >= 0.3 is 12.0 Å². The predicted octanol–water partition coefficient (Wildman–Crippen LogP) is -1.56. The molecule has 1 atom stereocenters. The van der Waals surface area contributed by atoms with E-state index in [1.807, 2.05) is 0 Å². The molecule has 0 aromatic rings. The minimum absolute atomic E-state index is 0.147. The highest BCUT2D eigenvalue weighted by Crippen LogP contribution is 2.12. The van der Waals surface area contributed by atoms with Crippen LogP contribution in [0.4, 0.5) is 4.79 Å². The van der Waals surface area contributed by atoms with E-state index in [0.717, 1.165) is 4.90 Å². The quantitative estimate of drug-likeness (QED) is 0.563. The molecule has 0 aliphatic carbocycles. The zero-order valence-electron chi connectivity index (χ0n) is 9.91. The number of amides is 3. The number of aliphatic hydroxyl groups is 1. The second-order valence-corrected chi connectivity index (χ2v) is 4.24. The van der Waals surface area contributed by atoms with Gasteiger partial charge < -0.3 is 25.7 Å². The summed E-state index contributed by atoms with van der Waals surface area (Å²) >= 11 is 0. The minimum atomic E-state index is -1.22. The standard InChI is InChI=1S/C10H17N3O5/c11-8(15)5-13(6-9(16)17)10(18)12-3-1-2-7(14)4-12/h7,14H,1-6H2,(H2,11,15)(H,16,17). The van der Waals surface area contributed by atoms with Gasteiger partial charge in [-0.1, -0.05) is 0 Å². The normalized spacial score (nSPS) is 19.4. The molecule has 4 N–H and O–H groups in total. The fourth-order valence-electron chi connectivity index (χ4n) is 1.87. The van der Waals surface area contributed by atoms with Crippen molar-refractivity contribution in [3.63, 3.8) is 0 Å². The first-order chi connectivity index (χ1) is 8.40. The summed E-state index contributed by atoms with van der Waals surface area (Å²) < 4.78 is 0. The molecule has 0 spiro atoms. The summed E-state index contributed by atoms with van der Waals surface area (Å²) in [5, 5.41) is 18.1. The summed E-state index contributed by atoms with van der Waals surface area (Å²) in [6.45, 7) is -0.454. The van der Waals surface area contributed by atoms with Gasteiger partial charge in [0.1, 0.15) is 13.1 Å². The van der Waals surface area contributed by atoms with Crippen LogP contribution in [0, 0.1) is 0 Å². The zero-order chi connectivity index (χ0) is 13.7. The molecule has 3 amide bonds. The third-order valence-corrected chi connectivity index (χ3v) is 2.61. The van der Waals surface area contributed by atoms with E-state index in [1.54, 1.807) is 0 Å². The van der Waals surface area contributed by atoms with Gasteiger partial charge in [-0.25, -0.2) is 4.79 Å². The van der Waals surface area contributed by atoms with Gasteiger partial charge in [-0.15, -0.1) is 0 Å². The average molecular weight is 259 g/mol. The molecule has 1 heterocycles. The molecule has 0 aromatic carbocycles. The maximum absolute atomic E-state index is 12.0. The lowest BCUT2D eigenvalue weighted by molar-refractivity contribution is -0.138. The zero-order valence-corrected chi connectivity index (χ0v) is 9.91. The molecule has 8 nitrogen and oxygen atoms in total. The number of aliphatic carboxylic acids is 1. The van der Waals surface area contributed by atoms with Crippen LogP contribution >= 0.6 is 0 Å². The van der Waals surface area contributed by atoms with Crippen molar-refractivity contribution in [2.75, 3.05) is 26.2 Å². The molecular weight excluding hydrogens is 242 g/mol. The van der Waals surface area contributed by atoms with E-state index in [9.17, 15) is 19.5 Å². The second kappa shape index (κ2) is 6.20. The minimum Gasteiger partial charge on any atom is -0.480 e. The highest BCUT2D eigenvalue weighted by Gasteiger charge is 2.27. The van der Waals surface area contributed by atoms with E-state index < -0.39 is 37.1 Å². The SMILES string of the molecule is NC(=O)CN(CC(=O)O)C(=O)N1CCCC(O)C1. The van der Waals surface area contributed by atoms with Gasteiger partial charge in [-0.2, -0.15) is 0 Å². The molecule has 1 unspecified atom stereocenters. The van der Waals surface area contributed by atoms with Crippen LogP contribution in [0.15, 0.2) is 0 Å². The van der Waals surface area contributed by atoms with Crippen LogP contribution in [0.25, 0.3) is 0 Å². The van der Waals surface area contributed by atoms with Crippen LogP contribution in [0.2, 0.25) is 0 Å². The summed E-state index contributed by atoms with van der Waals surface area (Å²) in [7, 11) is 0. The monoisotopic (exact) mass is 259 g/mol. The van der Waals surface area contributed by atoms with Gasteiger partial charge in [0, 0.05) is 13.1 Å². The number of urea groups is 1. The predicted molar refractivity (Wildman–Crippen MR) is 60.6 cm³/mol. The van der Waals surface area contributed by atoms with Crippen LogP contribution in [0.1, 0.15) is 12.8 Å². The number of β-amino-alcohol motifs (C(OH)–C–C–N with tert-alkyl or cyclic N) is 1. The number of carboxylic acid groups (broad SMARTS) is 1.